The van der Waals surface area contributed by atoms with E-state index in [1.807, 2.05) is 16.3 Å². The first-order chi connectivity index (χ1) is 10.6. The first-order valence-electron chi connectivity index (χ1n) is 7.85. The van der Waals surface area contributed by atoms with E-state index in [4.69, 9.17) is 0 Å². The second-order valence-electron chi connectivity index (χ2n) is 6.20. The number of piperidine rings is 1. The van der Waals surface area contributed by atoms with Crippen LogP contribution in [0.2, 0.25) is 0 Å². The normalized spacial score (nSPS) is 18.9. The lowest BCUT2D eigenvalue weighted by Gasteiger charge is -2.32. The lowest BCUT2D eigenvalue weighted by Crippen LogP contribution is -2.40. The summed E-state index contributed by atoms with van der Waals surface area (Å²) < 4.78 is 0. The molecule has 0 aliphatic carbocycles. The van der Waals surface area contributed by atoms with Crippen molar-refractivity contribution >= 4 is 17.2 Å². The first kappa shape index (κ1) is 15.2. The van der Waals surface area contributed by atoms with Gasteiger partial charge in [0.05, 0.1) is 17.1 Å². The van der Waals surface area contributed by atoms with Crippen LogP contribution in [0.5, 0.6) is 0 Å². The molecule has 1 N–H and O–H groups in total. The molecule has 1 fully saturated rings. The van der Waals surface area contributed by atoms with E-state index in [2.05, 4.69) is 29.0 Å². The van der Waals surface area contributed by atoms with Gasteiger partial charge >= 0.3 is 0 Å². The number of carbonyl (C=O) groups is 1. The van der Waals surface area contributed by atoms with E-state index in [1.165, 1.54) is 0 Å². The molecule has 0 bridgehead atoms. The fourth-order valence-electron chi connectivity index (χ4n) is 2.89. The second-order valence-corrected chi connectivity index (χ2v) is 7.09. The predicted octanol–water partition coefficient (Wildman–Crippen LogP) is 2.94. The van der Waals surface area contributed by atoms with Crippen LogP contribution in [0.4, 0.5) is 0 Å². The summed E-state index contributed by atoms with van der Waals surface area (Å²) in [4.78, 5) is 19.1. The van der Waals surface area contributed by atoms with Gasteiger partial charge in [0.15, 0.2) is 0 Å². The van der Waals surface area contributed by atoms with Crippen LogP contribution in [0.25, 0.3) is 0 Å². The third-order valence-electron chi connectivity index (χ3n) is 4.13. The van der Waals surface area contributed by atoms with E-state index in [1.54, 1.807) is 17.5 Å². The summed E-state index contributed by atoms with van der Waals surface area (Å²) in [5, 5.41) is 10.2. The molecule has 1 amide bonds. The van der Waals surface area contributed by atoms with Crippen LogP contribution in [0.1, 0.15) is 54.9 Å². The number of nitrogens with zero attached hydrogens (tertiary/aromatic N) is 3. The van der Waals surface area contributed by atoms with Crippen molar-refractivity contribution in [2.75, 3.05) is 13.1 Å². The van der Waals surface area contributed by atoms with Crippen molar-refractivity contribution in [3.05, 3.63) is 34.0 Å². The molecule has 0 aromatic carbocycles. The maximum absolute atomic E-state index is 12.5. The third kappa shape index (κ3) is 3.38. The summed E-state index contributed by atoms with van der Waals surface area (Å²) in [5.74, 6) is 0.986. The molecule has 1 aliphatic rings. The molecule has 1 saturated heterocycles. The lowest BCUT2D eigenvalue weighted by atomic mass is 9.94. The quantitative estimate of drug-likeness (QED) is 0.943. The minimum atomic E-state index is 0.185. The Labute approximate surface area is 134 Å². The molecule has 2 aromatic rings. The molecular formula is C16H22N4OS. The first-order valence-corrected chi connectivity index (χ1v) is 8.73. The zero-order valence-electron chi connectivity index (χ0n) is 13.1. The summed E-state index contributed by atoms with van der Waals surface area (Å²) in [5.41, 5.74) is 2.04. The van der Waals surface area contributed by atoms with Gasteiger partial charge in [0.1, 0.15) is 0 Å². The highest BCUT2D eigenvalue weighted by molar-refractivity contribution is 7.09. The molecule has 2 aromatic heterocycles. The molecule has 5 nitrogen and oxygen atoms in total. The Kier molecular flexibility index (Phi) is 4.57. The molecule has 0 spiro atoms. The van der Waals surface area contributed by atoms with Gasteiger partial charge in [0.25, 0.3) is 0 Å². The number of hydrogen-bond donors (Lipinski definition) is 1. The average Bonchev–Trinajstić information content (AvgIpc) is 3.19. The van der Waals surface area contributed by atoms with E-state index in [9.17, 15) is 4.79 Å². The number of rotatable bonds is 4. The Morgan fingerprint density at radius 2 is 2.41 bits per heavy atom. The van der Waals surface area contributed by atoms with Gasteiger partial charge in [-0.3, -0.25) is 9.89 Å². The van der Waals surface area contributed by atoms with Crippen LogP contribution in [-0.4, -0.2) is 39.1 Å². The largest absolute Gasteiger partial charge is 0.342 e. The van der Waals surface area contributed by atoms with E-state index >= 15 is 0 Å². The van der Waals surface area contributed by atoms with Crippen molar-refractivity contribution in [3.63, 3.8) is 0 Å². The van der Waals surface area contributed by atoms with Crippen molar-refractivity contribution < 1.29 is 4.79 Å². The van der Waals surface area contributed by atoms with Crippen LogP contribution in [-0.2, 0) is 11.2 Å². The molecule has 0 radical (unpaired) electrons. The number of likely N-dealkylation sites (tertiary alicyclic amines) is 1. The highest BCUT2D eigenvalue weighted by Gasteiger charge is 2.26. The number of amides is 1. The number of thiazole rings is 1. The molecule has 1 aliphatic heterocycles. The topological polar surface area (TPSA) is 61.9 Å². The van der Waals surface area contributed by atoms with Crippen LogP contribution in [0, 0.1) is 0 Å². The minimum absolute atomic E-state index is 0.185. The molecule has 1 atom stereocenters. The summed E-state index contributed by atoms with van der Waals surface area (Å²) in [6.07, 6.45) is 4.35. The van der Waals surface area contributed by atoms with E-state index in [0.717, 1.165) is 42.3 Å². The smallest absolute Gasteiger partial charge is 0.228 e. The number of aromatic nitrogens is 3. The number of carbonyl (C=O) groups excluding carboxylic acids is 1. The van der Waals surface area contributed by atoms with Gasteiger partial charge in [0, 0.05) is 42.2 Å². The SMILES string of the molecule is CC(C)c1nc(CC(=O)N2CCCC(c3ccn[nH]3)C2)cs1. The maximum atomic E-state index is 12.5. The minimum Gasteiger partial charge on any atom is -0.342 e. The highest BCUT2D eigenvalue weighted by Crippen LogP contribution is 2.26. The zero-order valence-corrected chi connectivity index (χ0v) is 13.9. The van der Waals surface area contributed by atoms with Crippen LogP contribution >= 0.6 is 11.3 Å². The Morgan fingerprint density at radius 1 is 1.55 bits per heavy atom. The molecular weight excluding hydrogens is 296 g/mol. The van der Waals surface area contributed by atoms with Gasteiger partial charge in [-0.2, -0.15) is 5.10 Å². The molecule has 3 rings (SSSR count). The van der Waals surface area contributed by atoms with Gasteiger partial charge in [-0.25, -0.2) is 4.98 Å². The van der Waals surface area contributed by atoms with Crippen LogP contribution < -0.4 is 0 Å². The van der Waals surface area contributed by atoms with Gasteiger partial charge in [0.2, 0.25) is 5.91 Å². The number of H-pyrrole nitrogens is 1. The fourth-order valence-corrected chi connectivity index (χ4v) is 3.72. The highest BCUT2D eigenvalue weighted by atomic mass is 32.1. The summed E-state index contributed by atoms with van der Waals surface area (Å²) in [6, 6.07) is 2.01. The summed E-state index contributed by atoms with van der Waals surface area (Å²) in [7, 11) is 0. The summed E-state index contributed by atoms with van der Waals surface area (Å²) >= 11 is 1.65. The van der Waals surface area contributed by atoms with Gasteiger partial charge in [-0.05, 0) is 18.9 Å². The molecule has 0 saturated carbocycles. The summed E-state index contributed by atoms with van der Waals surface area (Å²) in [6.45, 7) is 5.89. The Balaban J connectivity index is 1.61. The number of hydrogen-bond acceptors (Lipinski definition) is 4. The zero-order chi connectivity index (χ0) is 15.5. The monoisotopic (exact) mass is 318 g/mol. The maximum Gasteiger partial charge on any atom is 0.228 e. The van der Waals surface area contributed by atoms with Crippen LogP contribution in [0.3, 0.4) is 0 Å². The van der Waals surface area contributed by atoms with Gasteiger partial charge < -0.3 is 4.90 Å². The Hall–Kier alpha value is -1.69. The molecule has 3 heterocycles. The van der Waals surface area contributed by atoms with Crippen molar-refractivity contribution in [1.29, 1.82) is 0 Å². The van der Waals surface area contributed by atoms with Crippen molar-refractivity contribution in [1.82, 2.24) is 20.1 Å². The van der Waals surface area contributed by atoms with E-state index in [0.29, 0.717) is 18.3 Å². The Bertz CT molecular complexity index is 620. The number of aromatic amines is 1. The van der Waals surface area contributed by atoms with Crippen molar-refractivity contribution in [2.45, 2.75) is 44.9 Å². The molecule has 6 heteroatoms. The van der Waals surface area contributed by atoms with E-state index < -0.39 is 0 Å². The van der Waals surface area contributed by atoms with Crippen molar-refractivity contribution in [3.8, 4) is 0 Å². The van der Waals surface area contributed by atoms with Crippen LogP contribution in [0.15, 0.2) is 17.6 Å². The predicted molar refractivity (Wildman–Crippen MR) is 87.0 cm³/mol. The third-order valence-corrected chi connectivity index (χ3v) is 5.33. The van der Waals surface area contributed by atoms with Gasteiger partial charge in [-0.15, -0.1) is 11.3 Å². The molecule has 22 heavy (non-hydrogen) atoms. The second kappa shape index (κ2) is 6.60. The molecule has 118 valence electrons. The van der Waals surface area contributed by atoms with Crippen molar-refractivity contribution in [2.24, 2.45) is 0 Å². The fraction of sp³-hybridized carbons (Fsp3) is 0.562. The van der Waals surface area contributed by atoms with E-state index in [-0.39, 0.29) is 5.91 Å². The lowest BCUT2D eigenvalue weighted by molar-refractivity contribution is -0.131. The standard InChI is InChI=1S/C16H22N4OS/c1-11(2)16-18-13(10-22-16)8-15(21)20-7-3-4-12(9-20)14-5-6-17-19-14/h5-6,10-12H,3-4,7-9H2,1-2H3,(H,17,19). The average molecular weight is 318 g/mol. The molecule has 1 unspecified atom stereocenters. The Morgan fingerprint density at radius 3 is 3.09 bits per heavy atom. The number of nitrogens with one attached hydrogen (secondary N) is 1. The van der Waals surface area contributed by atoms with Gasteiger partial charge in [-0.1, -0.05) is 13.8 Å².